The third-order valence-corrected chi connectivity index (χ3v) is 3.74. The SMILES string of the molecule is COC1CN(C(=O)OC(C)(C)C)CC1NC(=O)OCc1ccccc1. The van der Waals surface area contributed by atoms with Crippen molar-refractivity contribution in [3.63, 3.8) is 0 Å². The first-order valence-corrected chi connectivity index (χ1v) is 8.26. The average Bonchev–Trinajstić information content (AvgIpc) is 2.95. The minimum Gasteiger partial charge on any atom is -0.445 e. The first-order valence-electron chi connectivity index (χ1n) is 8.26. The second-order valence-corrected chi connectivity index (χ2v) is 6.97. The zero-order chi connectivity index (χ0) is 18.4. The molecule has 1 aromatic rings. The van der Waals surface area contributed by atoms with Gasteiger partial charge in [0.05, 0.1) is 18.7 Å². The second kappa shape index (κ2) is 8.20. The van der Waals surface area contributed by atoms with E-state index >= 15 is 0 Å². The summed E-state index contributed by atoms with van der Waals surface area (Å²) in [6.07, 6.45) is -1.27. The van der Waals surface area contributed by atoms with E-state index in [0.717, 1.165) is 5.56 Å². The van der Waals surface area contributed by atoms with Gasteiger partial charge in [-0.15, -0.1) is 0 Å². The highest BCUT2D eigenvalue weighted by atomic mass is 16.6. The van der Waals surface area contributed by atoms with Crippen LogP contribution in [0, 0.1) is 0 Å². The monoisotopic (exact) mass is 350 g/mol. The van der Waals surface area contributed by atoms with E-state index in [2.05, 4.69) is 5.32 Å². The molecule has 1 fully saturated rings. The summed E-state index contributed by atoms with van der Waals surface area (Å²) >= 11 is 0. The molecule has 7 heteroatoms. The Kier molecular flexibility index (Phi) is 6.25. The lowest BCUT2D eigenvalue weighted by molar-refractivity contribution is 0.0252. The van der Waals surface area contributed by atoms with Crippen LogP contribution in [0.5, 0.6) is 0 Å². The predicted molar refractivity (Wildman–Crippen MR) is 92.2 cm³/mol. The molecular formula is C18H26N2O5. The number of hydrogen-bond donors (Lipinski definition) is 1. The molecule has 1 saturated heterocycles. The largest absolute Gasteiger partial charge is 0.445 e. The molecule has 0 saturated carbocycles. The number of methoxy groups -OCH3 is 1. The summed E-state index contributed by atoms with van der Waals surface area (Å²) in [6, 6.07) is 9.08. The molecule has 1 heterocycles. The lowest BCUT2D eigenvalue weighted by Gasteiger charge is -2.24. The number of nitrogens with one attached hydrogen (secondary N) is 1. The van der Waals surface area contributed by atoms with E-state index in [1.807, 2.05) is 51.1 Å². The quantitative estimate of drug-likeness (QED) is 0.903. The van der Waals surface area contributed by atoms with Crippen molar-refractivity contribution >= 4 is 12.2 Å². The molecule has 25 heavy (non-hydrogen) atoms. The summed E-state index contributed by atoms with van der Waals surface area (Å²) in [5, 5.41) is 2.76. The molecule has 2 atom stereocenters. The standard InChI is InChI=1S/C18H26N2O5/c1-18(2,3)25-17(22)20-10-14(15(11-20)23-4)19-16(21)24-12-13-8-6-5-7-9-13/h5-9,14-15H,10-12H2,1-4H3,(H,19,21). The van der Waals surface area contributed by atoms with Gasteiger partial charge in [0.2, 0.25) is 0 Å². The molecule has 0 spiro atoms. The number of carbonyl (C=O) groups excluding carboxylic acids is 2. The summed E-state index contributed by atoms with van der Waals surface area (Å²) in [4.78, 5) is 25.7. The fourth-order valence-corrected chi connectivity index (χ4v) is 2.54. The third kappa shape index (κ3) is 5.94. The number of benzene rings is 1. The van der Waals surface area contributed by atoms with Crippen molar-refractivity contribution in [3.05, 3.63) is 35.9 Å². The van der Waals surface area contributed by atoms with Gasteiger partial charge in [0.15, 0.2) is 0 Å². The van der Waals surface area contributed by atoms with E-state index in [1.165, 1.54) is 4.90 Å². The highest BCUT2D eigenvalue weighted by Crippen LogP contribution is 2.17. The summed E-state index contributed by atoms with van der Waals surface area (Å²) in [7, 11) is 1.55. The van der Waals surface area contributed by atoms with E-state index in [1.54, 1.807) is 7.11 Å². The molecule has 1 aliphatic rings. The fourth-order valence-electron chi connectivity index (χ4n) is 2.54. The van der Waals surface area contributed by atoms with E-state index < -0.39 is 17.8 Å². The highest BCUT2D eigenvalue weighted by Gasteiger charge is 2.38. The fraction of sp³-hybridized carbons (Fsp3) is 0.556. The summed E-state index contributed by atoms with van der Waals surface area (Å²) in [5.74, 6) is 0. The minimum absolute atomic E-state index is 0.187. The molecule has 2 unspecified atom stereocenters. The Morgan fingerprint density at radius 2 is 1.88 bits per heavy atom. The molecule has 1 aliphatic heterocycles. The first-order chi connectivity index (χ1) is 11.8. The Morgan fingerprint density at radius 1 is 1.20 bits per heavy atom. The van der Waals surface area contributed by atoms with E-state index in [-0.39, 0.29) is 18.8 Å². The van der Waals surface area contributed by atoms with Crippen LogP contribution in [0.2, 0.25) is 0 Å². The number of hydrogen-bond acceptors (Lipinski definition) is 5. The van der Waals surface area contributed by atoms with Crippen LogP contribution in [-0.2, 0) is 20.8 Å². The topological polar surface area (TPSA) is 77.1 Å². The molecule has 0 aromatic heterocycles. The number of nitrogens with zero attached hydrogens (tertiary/aromatic N) is 1. The van der Waals surface area contributed by atoms with Crippen molar-refractivity contribution in [1.82, 2.24) is 10.2 Å². The van der Waals surface area contributed by atoms with Gasteiger partial charge < -0.3 is 24.4 Å². The van der Waals surface area contributed by atoms with Crippen molar-refractivity contribution in [3.8, 4) is 0 Å². The van der Waals surface area contributed by atoms with Crippen molar-refractivity contribution in [1.29, 1.82) is 0 Å². The summed E-state index contributed by atoms with van der Waals surface area (Å²) in [6.45, 7) is 6.29. The van der Waals surface area contributed by atoms with Gasteiger partial charge in [0.25, 0.3) is 0 Å². The third-order valence-electron chi connectivity index (χ3n) is 3.74. The number of rotatable bonds is 4. The van der Waals surface area contributed by atoms with Gasteiger partial charge in [-0.2, -0.15) is 0 Å². The van der Waals surface area contributed by atoms with Crippen LogP contribution in [0.4, 0.5) is 9.59 Å². The molecule has 0 radical (unpaired) electrons. The predicted octanol–water partition coefficient (Wildman–Crippen LogP) is 2.55. The maximum Gasteiger partial charge on any atom is 0.410 e. The second-order valence-electron chi connectivity index (χ2n) is 6.97. The lowest BCUT2D eigenvalue weighted by atomic mass is 10.2. The normalized spacial score (nSPS) is 20.2. The van der Waals surface area contributed by atoms with Crippen molar-refractivity contribution < 1.29 is 23.8 Å². The molecule has 0 bridgehead atoms. The maximum absolute atomic E-state index is 12.2. The van der Waals surface area contributed by atoms with E-state index in [9.17, 15) is 9.59 Å². The Bertz CT molecular complexity index is 585. The summed E-state index contributed by atoms with van der Waals surface area (Å²) < 4.78 is 16.0. The van der Waals surface area contributed by atoms with Crippen LogP contribution < -0.4 is 5.32 Å². The zero-order valence-corrected chi connectivity index (χ0v) is 15.2. The van der Waals surface area contributed by atoms with Gasteiger partial charge in [-0.05, 0) is 26.3 Å². The number of ether oxygens (including phenoxy) is 3. The van der Waals surface area contributed by atoms with Crippen molar-refractivity contribution in [2.75, 3.05) is 20.2 Å². The van der Waals surface area contributed by atoms with Gasteiger partial charge in [-0.1, -0.05) is 30.3 Å². The van der Waals surface area contributed by atoms with Crippen LogP contribution >= 0.6 is 0 Å². The van der Waals surface area contributed by atoms with Gasteiger partial charge in [0.1, 0.15) is 12.2 Å². The van der Waals surface area contributed by atoms with E-state index in [4.69, 9.17) is 14.2 Å². The molecule has 1 N–H and O–H groups in total. The van der Waals surface area contributed by atoms with Gasteiger partial charge in [-0.3, -0.25) is 0 Å². The first kappa shape index (κ1) is 19.1. The van der Waals surface area contributed by atoms with Crippen LogP contribution in [0.15, 0.2) is 30.3 Å². The molecule has 0 aliphatic carbocycles. The van der Waals surface area contributed by atoms with Gasteiger partial charge >= 0.3 is 12.2 Å². The van der Waals surface area contributed by atoms with Crippen molar-refractivity contribution in [2.24, 2.45) is 0 Å². The molecule has 138 valence electrons. The smallest absolute Gasteiger partial charge is 0.410 e. The Labute approximate surface area is 148 Å². The van der Waals surface area contributed by atoms with Crippen molar-refractivity contribution in [2.45, 2.75) is 45.1 Å². The number of amides is 2. The average molecular weight is 350 g/mol. The molecule has 1 aromatic carbocycles. The lowest BCUT2D eigenvalue weighted by Crippen LogP contribution is -2.44. The van der Waals surface area contributed by atoms with Crippen LogP contribution in [0.25, 0.3) is 0 Å². The van der Waals surface area contributed by atoms with Crippen LogP contribution in [0.3, 0.4) is 0 Å². The molecule has 7 nitrogen and oxygen atoms in total. The van der Waals surface area contributed by atoms with Crippen LogP contribution in [-0.4, -0.2) is 55.0 Å². The maximum atomic E-state index is 12.2. The van der Waals surface area contributed by atoms with Crippen LogP contribution in [0.1, 0.15) is 26.3 Å². The molecule has 2 rings (SSSR count). The summed E-state index contributed by atoms with van der Waals surface area (Å²) in [5.41, 5.74) is 0.336. The van der Waals surface area contributed by atoms with Gasteiger partial charge in [0, 0.05) is 13.7 Å². The minimum atomic E-state index is -0.570. The van der Waals surface area contributed by atoms with E-state index in [0.29, 0.717) is 13.1 Å². The molecular weight excluding hydrogens is 324 g/mol. The molecule has 2 amide bonds. The Morgan fingerprint density at radius 3 is 2.48 bits per heavy atom. The number of carbonyl (C=O) groups is 2. The number of likely N-dealkylation sites (tertiary alicyclic amines) is 1. The Hall–Kier alpha value is -2.28. The van der Waals surface area contributed by atoms with Gasteiger partial charge in [-0.25, -0.2) is 9.59 Å². The number of alkyl carbamates (subject to hydrolysis) is 1. The zero-order valence-electron chi connectivity index (χ0n) is 15.2. The Balaban J connectivity index is 1.85. The highest BCUT2D eigenvalue weighted by molar-refractivity contribution is 5.70.